The quantitative estimate of drug-likeness (QED) is 0.0883. The Kier molecular flexibility index (Phi) is 20.4. The maximum absolute atomic E-state index is 11.7. The fourth-order valence-electron chi connectivity index (χ4n) is 3.03. The minimum absolute atomic E-state index is 0.00890. The average molecular weight is 464 g/mol. The van der Waals surface area contributed by atoms with Crippen LogP contribution in [0.1, 0.15) is 96.8 Å². The summed E-state index contributed by atoms with van der Waals surface area (Å²) in [6, 6.07) is 0. The number of rotatable bonds is 22. The van der Waals surface area contributed by atoms with Gasteiger partial charge in [0, 0.05) is 13.0 Å². The summed E-state index contributed by atoms with van der Waals surface area (Å²) in [5.41, 5.74) is 0. The number of nitrogens with zero attached hydrogens (tertiary/aromatic N) is 1. The van der Waals surface area contributed by atoms with E-state index in [1.807, 2.05) is 19.0 Å². The molecule has 0 aliphatic carbocycles. The lowest BCUT2D eigenvalue weighted by atomic mass is 10.0. The predicted octanol–water partition coefficient (Wildman–Crippen LogP) is 6.22. The van der Waals surface area contributed by atoms with Crippen molar-refractivity contribution < 1.29 is 28.0 Å². The Labute approximate surface area is 190 Å². The summed E-state index contributed by atoms with van der Waals surface area (Å²) < 4.78 is 26.1. The molecule has 0 aromatic carbocycles. The van der Waals surface area contributed by atoms with Crippen LogP contribution in [0.15, 0.2) is 12.3 Å². The molecule has 0 saturated carbocycles. The molecule has 0 saturated heterocycles. The summed E-state index contributed by atoms with van der Waals surface area (Å²) in [7, 11) is -0.446. The molecule has 1 unspecified atom stereocenters. The van der Waals surface area contributed by atoms with Crippen molar-refractivity contribution in [3.8, 4) is 0 Å². The lowest BCUT2D eigenvalue weighted by Crippen LogP contribution is -2.17. The molecule has 1 atom stereocenters. The van der Waals surface area contributed by atoms with E-state index in [1.54, 1.807) is 0 Å². The molecule has 8 heteroatoms. The Bertz CT molecular complexity index is 498. The van der Waals surface area contributed by atoms with Gasteiger partial charge in [0.25, 0.3) is 0 Å². The number of esters is 1. The first-order valence-electron chi connectivity index (χ1n) is 12.0. The average Bonchev–Trinajstić information content (AvgIpc) is 2.70. The molecule has 0 aliphatic rings. The lowest BCUT2D eigenvalue weighted by molar-refractivity contribution is -0.142. The Morgan fingerprint density at radius 1 is 0.903 bits per heavy atom. The summed E-state index contributed by atoms with van der Waals surface area (Å²) in [5, 5.41) is 0. The third-order valence-corrected chi connectivity index (χ3v) is 5.81. The molecule has 0 aromatic rings. The highest BCUT2D eigenvalue weighted by molar-refractivity contribution is 7.47. The molecule has 0 rings (SSSR count). The molecule has 0 aliphatic heterocycles. The van der Waals surface area contributed by atoms with Crippen molar-refractivity contribution in [2.75, 3.05) is 33.9 Å². The SMILES string of the molecule is CCCCCCCCCCCCCCCC(=O)OC/C=C/OP(=O)(O)OCCN(C)C. The number of hydrogen-bond donors (Lipinski definition) is 1. The van der Waals surface area contributed by atoms with Crippen LogP contribution in [-0.2, 0) is 23.1 Å². The first kappa shape index (κ1) is 30.1. The van der Waals surface area contributed by atoms with Crippen LogP contribution in [-0.4, -0.2) is 49.6 Å². The van der Waals surface area contributed by atoms with E-state index in [0.717, 1.165) is 25.5 Å². The second-order valence-corrected chi connectivity index (χ2v) is 9.66. The van der Waals surface area contributed by atoms with Gasteiger partial charge in [0.15, 0.2) is 0 Å². The Balaban J connectivity index is 3.46. The maximum atomic E-state index is 11.7. The topological polar surface area (TPSA) is 85.3 Å². The van der Waals surface area contributed by atoms with Crippen molar-refractivity contribution in [1.29, 1.82) is 0 Å². The summed E-state index contributed by atoms with van der Waals surface area (Å²) >= 11 is 0. The van der Waals surface area contributed by atoms with Crippen LogP contribution >= 0.6 is 7.82 Å². The van der Waals surface area contributed by atoms with Crippen LogP contribution in [0.3, 0.4) is 0 Å². The van der Waals surface area contributed by atoms with Crippen molar-refractivity contribution >= 4 is 13.8 Å². The van der Waals surface area contributed by atoms with Gasteiger partial charge in [-0.25, -0.2) is 4.57 Å². The minimum atomic E-state index is -4.11. The van der Waals surface area contributed by atoms with Crippen molar-refractivity contribution in [3.63, 3.8) is 0 Å². The van der Waals surface area contributed by atoms with E-state index in [0.29, 0.717) is 13.0 Å². The smallest absolute Gasteiger partial charge is 0.461 e. The minimum Gasteiger partial charge on any atom is -0.461 e. The first-order chi connectivity index (χ1) is 14.9. The molecule has 0 radical (unpaired) electrons. The molecule has 1 N–H and O–H groups in total. The van der Waals surface area contributed by atoms with E-state index < -0.39 is 7.82 Å². The highest BCUT2D eigenvalue weighted by Gasteiger charge is 2.20. The number of carbonyl (C=O) groups excluding carboxylic acids is 1. The van der Waals surface area contributed by atoms with Crippen LogP contribution in [0.2, 0.25) is 0 Å². The van der Waals surface area contributed by atoms with Gasteiger partial charge in [-0.2, -0.15) is 0 Å². The second-order valence-electron chi connectivity index (χ2n) is 8.26. The molecule has 7 nitrogen and oxygen atoms in total. The lowest BCUT2D eigenvalue weighted by Gasteiger charge is -2.12. The van der Waals surface area contributed by atoms with Crippen molar-refractivity contribution in [3.05, 3.63) is 12.3 Å². The van der Waals surface area contributed by atoms with Crippen LogP contribution in [0.25, 0.3) is 0 Å². The van der Waals surface area contributed by atoms with E-state index in [2.05, 4.69) is 11.4 Å². The number of ether oxygens (including phenoxy) is 1. The van der Waals surface area contributed by atoms with Gasteiger partial charge in [-0.05, 0) is 26.6 Å². The number of likely N-dealkylation sites (N-methyl/N-ethyl adjacent to an activating group) is 1. The summed E-state index contributed by atoms with van der Waals surface area (Å²) in [6.07, 6.45) is 19.3. The van der Waals surface area contributed by atoms with Gasteiger partial charge in [0.1, 0.15) is 6.61 Å². The second kappa shape index (κ2) is 21.0. The van der Waals surface area contributed by atoms with Gasteiger partial charge in [-0.15, -0.1) is 0 Å². The van der Waals surface area contributed by atoms with E-state index in [-0.39, 0.29) is 19.2 Å². The number of hydrogen-bond acceptors (Lipinski definition) is 6. The highest BCUT2D eigenvalue weighted by atomic mass is 31.2. The Morgan fingerprint density at radius 2 is 1.42 bits per heavy atom. The van der Waals surface area contributed by atoms with Gasteiger partial charge >= 0.3 is 13.8 Å². The van der Waals surface area contributed by atoms with Crippen LogP contribution in [0, 0.1) is 0 Å². The summed E-state index contributed by atoms with van der Waals surface area (Å²) in [4.78, 5) is 23.0. The zero-order valence-electron chi connectivity index (χ0n) is 20.1. The van der Waals surface area contributed by atoms with Crippen molar-refractivity contribution in [1.82, 2.24) is 4.90 Å². The van der Waals surface area contributed by atoms with Crippen molar-refractivity contribution in [2.24, 2.45) is 0 Å². The molecular weight excluding hydrogens is 417 g/mol. The molecule has 0 bridgehead atoms. The van der Waals surface area contributed by atoms with Crippen molar-refractivity contribution in [2.45, 2.75) is 96.8 Å². The van der Waals surface area contributed by atoms with Crippen LogP contribution in [0.4, 0.5) is 0 Å². The van der Waals surface area contributed by atoms with E-state index in [1.165, 1.54) is 70.3 Å². The third kappa shape index (κ3) is 23.6. The standard InChI is InChI=1S/C23H46NO6P/c1-4-5-6-7-8-9-10-11-12-13-14-15-16-18-23(25)28-20-17-21-29-31(26,27)30-22-19-24(2)3/h17,21H,4-16,18-20,22H2,1-3H3,(H,26,27)/b21-17+. The molecule has 31 heavy (non-hydrogen) atoms. The normalized spacial score (nSPS) is 13.6. The fraction of sp³-hybridized carbons (Fsp3) is 0.870. The zero-order chi connectivity index (χ0) is 23.2. The van der Waals surface area contributed by atoms with E-state index in [9.17, 15) is 14.3 Å². The van der Waals surface area contributed by atoms with Gasteiger partial charge < -0.3 is 14.2 Å². The zero-order valence-corrected chi connectivity index (χ0v) is 21.0. The maximum Gasteiger partial charge on any atom is 0.526 e. The Hall–Kier alpha value is -0.880. The first-order valence-corrected chi connectivity index (χ1v) is 13.5. The number of phosphoric acid groups is 1. The molecule has 0 heterocycles. The molecular formula is C23H46NO6P. The third-order valence-electron chi connectivity index (χ3n) is 4.91. The van der Waals surface area contributed by atoms with Gasteiger partial charge in [-0.3, -0.25) is 14.2 Å². The summed E-state index contributed by atoms with van der Waals surface area (Å²) in [6.45, 7) is 2.85. The van der Waals surface area contributed by atoms with Crippen LogP contribution in [0.5, 0.6) is 0 Å². The number of phosphoric ester groups is 1. The predicted molar refractivity (Wildman–Crippen MR) is 126 cm³/mol. The molecule has 184 valence electrons. The molecule has 0 amide bonds. The van der Waals surface area contributed by atoms with Gasteiger partial charge in [-0.1, -0.05) is 84.0 Å². The number of carbonyl (C=O) groups is 1. The van der Waals surface area contributed by atoms with Gasteiger partial charge in [0.05, 0.1) is 12.9 Å². The van der Waals surface area contributed by atoms with E-state index in [4.69, 9.17) is 9.26 Å². The Morgan fingerprint density at radius 3 is 1.94 bits per heavy atom. The molecule has 0 spiro atoms. The van der Waals surface area contributed by atoms with E-state index >= 15 is 0 Å². The summed E-state index contributed by atoms with van der Waals surface area (Å²) in [5.74, 6) is -0.262. The number of unbranched alkanes of at least 4 members (excludes halogenated alkanes) is 12. The molecule has 0 fully saturated rings. The largest absolute Gasteiger partial charge is 0.526 e. The van der Waals surface area contributed by atoms with Gasteiger partial charge in [0.2, 0.25) is 0 Å². The fourth-order valence-corrected chi connectivity index (χ4v) is 3.64. The molecule has 0 aromatic heterocycles. The van der Waals surface area contributed by atoms with Crippen LogP contribution < -0.4 is 0 Å². The highest BCUT2D eigenvalue weighted by Crippen LogP contribution is 2.43. The monoisotopic (exact) mass is 463 g/mol.